The van der Waals surface area contributed by atoms with Crippen molar-refractivity contribution in [2.45, 2.75) is 0 Å². The molecule has 210 valence electrons. The van der Waals surface area contributed by atoms with E-state index in [4.69, 9.17) is 0 Å². The molecule has 2 heteroatoms. The fourth-order valence-corrected chi connectivity index (χ4v) is 5.67. The first-order chi connectivity index (χ1) is 21.8. The van der Waals surface area contributed by atoms with Crippen LogP contribution in [0.5, 0.6) is 0 Å². The molecule has 7 rings (SSSR count). The number of para-hydroxylation sites is 3. The van der Waals surface area contributed by atoms with Gasteiger partial charge in [0.05, 0.1) is 5.69 Å². The molecule has 0 saturated heterocycles. The second-order valence-corrected chi connectivity index (χ2v) is 10.7. The van der Waals surface area contributed by atoms with Gasteiger partial charge < -0.3 is 9.80 Å². The summed E-state index contributed by atoms with van der Waals surface area (Å²) in [6, 6.07) is 64.1. The van der Waals surface area contributed by atoms with Crippen LogP contribution in [0.25, 0.3) is 22.9 Å². The minimum Gasteiger partial charge on any atom is -0.311 e. The molecular weight excluding hydrogens is 532 g/mol. The Morgan fingerprint density at radius 2 is 0.682 bits per heavy atom. The molecule has 2 nitrogen and oxygen atoms in total. The Hall–Kier alpha value is -5.86. The van der Waals surface area contributed by atoms with Crippen molar-refractivity contribution in [3.8, 4) is 0 Å². The van der Waals surface area contributed by atoms with Crippen molar-refractivity contribution >= 4 is 57.0 Å². The molecule has 0 unspecified atom stereocenters. The van der Waals surface area contributed by atoms with Crippen LogP contribution < -0.4 is 9.80 Å². The summed E-state index contributed by atoms with van der Waals surface area (Å²) < 4.78 is 0. The summed E-state index contributed by atoms with van der Waals surface area (Å²) in [7, 11) is 0. The van der Waals surface area contributed by atoms with E-state index in [-0.39, 0.29) is 0 Å². The minimum atomic E-state index is 1.12. The highest BCUT2D eigenvalue weighted by Gasteiger charge is 2.15. The van der Waals surface area contributed by atoms with Gasteiger partial charge in [0.25, 0.3) is 0 Å². The maximum Gasteiger partial charge on any atom is 0.0540 e. The van der Waals surface area contributed by atoms with Gasteiger partial charge in [-0.1, -0.05) is 127 Å². The fourth-order valence-electron chi connectivity index (χ4n) is 5.67. The van der Waals surface area contributed by atoms with Crippen LogP contribution in [0.15, 0.2) is 182 Å². The molecule has 7 aromatic rings. The van der Waals surface area contributed by atoms with Gasteiger partial charge in [-0.2, -0.15) is 0 Å². The van der Waals surface area contributed by atoms with Crippen molar-refractivity contribution in [3.05, 3.63) is 193 Å². The first-order valence-electron chi connectivity index (χ1n) is 14.9. The third-order valence-electron chi connectivity index (χ3n) is 7.82. The third-order valence-corrected chi connectivity index (χ3v) is 7.82. The lowest BCUT2D eigenvalue weighted by Gasteiger charge is -2.27. The Kier molecular flexibility index (Phi) is 7.71. The van der Waals surface area contributed by atoms with Crippen molar-refractivity contribution in [1.29, 1.82) is 0 Å². The summed E-state index contributed by atoms with van der Waals surface area (Å²) in [5.41, 5.74) is 9.11. The Labute approximate surface area is 259 Å². The molecule has 0 saturated carbocycles. The van der Waals surface area contributed by atoms with Crippen LogP contribution in [-0.4, -0.2) is 0 Å². The molecule has 0 aromatic heterocycles. The van der Waals surface area contributed by atoms with E-state index >= 15 is 0 Å². The number of rotatable bonds is 8. The quantitative estimate of drug-likeness (QED) is 0.169. The second-order valence-electron chi connectivity index (χ2n) is 10.7. The highest BCUT2D eigenvalue weighted by molar-refractivity contribution is 5.98. The van der Waals surface area contributed by atoms with Crippen LogP contribution in [0, 0.1) is 0 Å². The first kappa shape index (κ1) is 27.0. The van der Waals surface area contributed by atoms with Gasteiger partial charge >= 0.3 is 0 Å². The average Bonchev–Trinajstić information content (AvgIpc) is 3.10. The number of nitrogens with zero attached hydrogens (tertiary/aromatic N) is 2. The molecule has 0 aliphatic carbocycles. The summed E-state index contributed by atoms with van der Waals surface area (Å²) in [5, 5.41) is 2.46. The first-order valence-corrected chi connectivity index (χ1v) is 14.9. The maximum atomic E-state index is 2.33. The van der Waals surface area contributed by atoms with Gasteiger partial charge in [0.15, 0.2) is 0 Å². The van der Waals surface area contributed by atoms with Crippen LogP contribution in [0.3, 0.4) is 0 Å². The van der Waals surface area contributed by atoms with E-state index in [9.17, 15) is 0 Å². The topological polar surface area (TPSA) is 6.48 Å². The highest BCUT2D eigenvalue weighted by Crippen LogP contribution is 2.39. The number of hydrogen-bond donors (Lipinski definition) is 0. The molecule has 0 amide bonds. The van der Waals surface area contributed by atoms with E-state index in [0.717, 1.165) is 45.3 Å². The molecule has 0 aliphatic heterocycles. The predicted octanol–water partition coefficient (Wildman–Crippen LogP) is 11.9. The monoisotopic (exact) mass is 564 g/mol. The molecular formula is C42H32N2. The van der Waals surface area contributed by atoms with Crippen molar-refractivity contribution in [2.75, 3.05) is 9.80 Å². The molecule has 0 aliphatic rings. The van der Waals surface area contributed by atoms with E-state index < -0.39 is 0 Å². The van der Waals surface area contributed by atoms with E-state index in [1.807, 2.05) is 0 Å². The van der Waals surface area contributed by atoms with Crippen LogP contribution in [0.2, 0.25) is 0 Å². The van der Waals surface area contributed by atoms with Gasteiger partial charge in [0.2, 0.25) is 0 Å². The molecule has 0 fully saturated rings. The van der Waals surface area contributed by atoms with Gasteiger partial charge in [0, 0.05) is 33.8 Å². The Morgan fingerprint density at radius 3 is 1.20 bits per heavy atom. The second kappa shape index (κ2) is 12.6. The standard InChI is InChI=1S/C42H32N2/c1-4-15-36(16-5-1)43(37-17-6-2-7-18-37)39-29-25-33(26-30-39)23-24-34-27-31-40(32-28-34)44(38-19-8-3-9-20-38)42-22-12-14-35-13-10-11-21-41(35)42/h1-32H/b24-23+. The lowest BCUT2D eigenvalue weighted by Crippen LogP contribution is -2.10. The third kappa shape index (κ3) is 5.74. The highest BCUT2D eigenvalue weighted by atomic mass is 15.1. The molecule has 0 heterocycles. The Morgan fingerprint density at radius 1 is 0.295 bits per heavy atom. The zero-order chi connectivity index (χ0) is 29.6. The van der Waals surface area contributed by atoms with Crippen LogP contribution in [0.4, 0.5) is 34.1 Å². The molecule has 0 N–H and O–H groups in total. The predicted molar refractivity (Wildman–Crippen MR) is 189 cm³/mol. The SMILES string of the molecule is C(=C\c1ccc(N(c2ccccc2)c2cccc3ccccc23)cc1)/c1ccc(N(c2ccccc2)c2ccccc2)cc1. The zero-order valence-electron chi connectivity index (χ0n) is 24.4. The van der Waals surface area contributed by atoms with Crippen molar-refractivity contribution < 1.29 is 0 Å². The van der Waals surface area contributed by atoms with E-state index in [0.29, 0.717) is 0 Å². The van der Waals surface area contributed by atoms with E-state index in [1.54, 1.807) is 0 Å². The Bertz CT molecular complexity index is 1940. The van der Waals surface area contributed by atoms with Crippen LogP contribution >= 0.6 is 0 Å². The molecule has 0 spiro atoms. The van der Waals surface area contributed by atoms with Crippen LogP contribution in [0.1, 0.15) is 11.1 Å². The molecule has 0 bridgehead atoms. The summed E-state index contributed by atoms with van der Waals surface area (Å²) in [6.07, 6.45) is 4.35. The van der Waals surface area contributed by atoms with E-state index in [2.05, 4.69) is 204 Å². The van der Waals surface area contributed by atoms with Crippen molar-refractivity contribution in [1.82, 2.24) is 0 Å². The fraction of sp³-hybridized carbons (Fsp3) is 0. The zero-order valence-corrected chi connectivity index (χ0v) is 24.4. The Balaban J connectivity index is 1.15. The molecule has 0 radical (unpaired) electrons. The van der Waals surface area contributed by atoms with Crippen molar-refractivity contribution in [3.63, 3.8) is 0 Å². The smallest absolute Gasteiger partial charge is 0.0540 e. The van der Waals surface area contributed by atoms with Gasteiger partial charge in [-0.25, -0.2) is 0 Å². The van der Waals surface area contributed by atoms with E-state index in [1.165, 1.54) is 10.8 Å². The lowest BCUT2D eigenvalue weighted by molar-refractivity contribution is 1.28. The summed E-state index contributed by atoms with van der Waals surface area (Å²) >= 11 is 0. The lowest BCUT2D eigenvalue weighted by atomic mass is 10.1. The molecule has 7 aromatic carbocycles. The normalized spacial score (nSPS) is 11.1. The average molecular weight is 565 g/mol. The number of benzene rings is 7. The molecule has 0 atom stereocenters. The van der Waals surface area contributed by atoms with Gasteiger partial charge in [-0.15, -0.1) is 0 Å². The summed E-state index contributed by atoms with van der Waals surface area (Å²) in [4.78, 5) is 4.61. The number of fused-ring (bicyclic) bond motifs is 1. The number of anilines is 6. The maximum absolute atomic E-state index is 2.33. The number of hydrogen-bond acceptors (Lipinski definition) is 2. The van der Waals surface area contributed by atoms with Crippen molar-refractivity contribution in [2.24, 2.45) is 0 Å². The summed E-state index contributed by atoms with van der Waals surface area (Å²) in [5.74, 6) is 0. The minimum absolute atomic E-state index is 1.12. The van der Waals surface area contributed by atoms with Gasteiger partial charge in [0.1, 0.15) is 0 Å². The summed E-state index contributed by atoms with van der Waals surface area (Å²) in [6.45, 7) is 0. The van der Waals surface area contributed by atoms with Gasteiger partial charge in [-0.3, -0.25) is 0 Å². The van der Waals surface area contributed by atoms with Crippen LogP contribution in [-0.2, 0) is 0 Å². The molecule has 44 heavy (non-hydrogen) atoms. The van der Waals surface area contributed by atoms with Gasteiger partial charge in [-0.05, 0) is 83.2 Å². The largest absolute Gasteiger partial charge is 0.311 e.